The molecule has 0 aromatic carbocycles. The fourth-order valence-corrected chi connectivity index (χ4v) is 5.19. The Labute approximate surface area is 213 Å². The molecular weight excluding hydrogens is 435 g/mol. The van der Waals surface area contributed by atoms with E-state index in [2.05, 4.69) is 13.8 Å². The summed E-state index contributed by atoms with van der Waals surface area (Å²) in [5.74, 6) is 0.258. The summed E-state index contributed by atoms with van der Waals surface area (Å²) in [6.45, 7) is 4.56. The number of halogens is 2. The van der Waals surface area contributed by atoms with Gasteiger partial charge in [0.15, 0.2) is 0 Å². The van der Waals surface area contributed by atoms with Crippen LogP contribution in [0.3, 0.4) is 0 Å². The first-order valence-corrected chi connectivity index (χ1v) is 15.3. The van der Waals surface area contributed by atoms with Crippen LogP contribution in [0.25, 0.3) is 0 Å². The largest absolute Gasteiger partial charge is 0.350 e. The summed E-state index contributed by atoms with van der Waals surface area (Å²) in [5.41, 5.74) is 0. The van der Waals surface area contributed by atoms with Crippen molar-refractivity contribution < 1.29 is 4.74 Å². The molecule has 0 fully saturated rings. The van der Waals surface area contributed by atoms with Crippen LogP contribution >= 0.6 is 23.2 Å². The summed E-state index contributed by atoms with van der Waals surface area (Å²) in [4.78, 5) is 0. The number of hydrogen-bond acceptors (Lipinski definition) is 1. The third kappa shape index (κ3) is 21.1. The molecule has 0 N–H and O–H groups in total. The highest BCUT2D eigenvalue weighted by Crippen LogP contribution is 2.38. The van der Waals surface area contributed by atoms with E-state index in [9.17, 15) is 0 Å². The van der Waals surface area contributed by atoms with Crippen LogP contribution in [0.4, 0.5) is 0 Å². The minimum absolute atomic E-state index is 0.258. The molecule has 0 aromatic rings. The number of methoxy groups -OCH3 is 1. The highest BCUT2D eigenvalue weighted by Gasteiger charge is 2.33. The Morgan fingerprint density at radius 3 is 0.969 bits per heavy atom. The maximum atomic E-state index is 6.46. The fraction of sp³-hybridized carbons (Fsp3) is 1.00. The van der Waals surface area contributed by atoms with Gasteiger partial charge < -0.3 is 4.74 Å². The zero-order valence-electron chi connectivity index (χ0n) is 22.2. The van der Waals surface area contributed by atoms with Gasteiger partial charge in [-0.2, -0.15) is 0 Å². The van der Waals surface area contributed by atoms with Gasteiger partial charge in [0.25, 0.3) is 0 Å². The molecule has 3 heteroatoms. The lowest BCUT2D eigenvalue weighted by atomic mass is 9.94. The molecule has 0 radical (unpaired) electrons. The van der Waals surface area contributed by atoms with E-state index >= 15 is 0 Å². The van der Waals surface area contributed by atoms with Gasteiger partial charge in [0.1, 0.15) is 0 Å². The van der Waals surface area contributed by atoms with E-state index in [0.717, 1.165) is 12.8 Å². The number of rotatable bonds is 26. The van der Waals surface area contributed by atoms with Crippen molar-refractivity contribution in [1.82, 2.24) is 0 Å². The highest BCUT2D eigenvalue weighted by atomic mass is 35.5. The number of ether oxygens (including phenoxy) is 1. The van der Waals surface area contributed by atoms with E-state index in [1.54, 1.807) is 7.11 Å². The molecule has 0 saturated carbocycles. The van der Waals surface area contributed by atoms with Crippen molar-refractivity contribution in [2.24, 2.45) is 5.92 Å². The number of hydrogen-bond donors (Lipinski definition) is 0. The van der Waals surface area contributed by atoms with Crippen LogP contribution in [-0.2, 0) is 4.74 Å². The minimum atomic E-state index is -1.01. The average Bonchev–Trinajstić information content (AvgIpc) is 2.79. The molecule has 0 aromatic heterocycles. The molecule has 0 aliphatic rings. The van der Waals surface area contributed by atoms with Crippen LogP contribution in [0.5, 0.6) is 0 Å². The van der Waals surface area contributed by atoms with Crippen molar-refractivity contribution in [2.45, 2.75) is 172 Å². The summed E-state index contributed by atoms with van der Waals surface area (Å²) in [6, 6.07) is 0. The lowest BCUT2D eigenvalue weighted by Crippen LogP contribution is -2.28. The van der Waals surface area contributed by atoms with Crippen molar-refractivity contribution in [3.05, 3.63) is 0 Å². The molecule has 0 spiro atoms. The molecule has 1 unspecified atom stereocenters. The maximum absolute atomic E-state index is 6.46. The van der Waals surface area contributed by atoms with Crippen LogP contribution in [0, 0.1) is 5.92 Å². The Kier molecular flexibility index (Phi) is 25.1. The van der Waals surface area contributed by atoms with E-state index in [4.69, 9.17) is 27.9 Å². The fourth-order valence-electron chi connectivity index (χ4n) is 4.76. The normalized spacial score (nSPS) is 13.0. The molecule has 0 amide bonds. The van der Waals surface area contributed by atoms with E-state index in [1.807, 2.05) is 0 Å². The lowest BCUT2D eigenvalue weighted by Gasteiger charge is -2.28. The van der Waals surface area contributed by atoms with Crippen molar-refractivity contribution in [3.8, 4) is 0 Å². The van der Waals surface area contributed by atoms with E-state index in [-0.39, 0.29) is 5.92 Å². The van der Waals surface area contributed by atoms with Crippen molar-refractivity contribution in [3.63, 3.8) is 0 Å². The zero-order chi connectivity index (χ0) is 23.8. The predicted octanol–water partition coefficient (Wildman–Crippen LogP) is 11.8. The third-order valence-corrected chi connectivity index (χ3v) is 7.99. The van der Waals surface area contributed by atoms with E-state index in [1.165, 1.54) is 141 Å². The van der Waals surface area contributed by atoms with Crippen LogP contribution in [0.1, 0.15) is 168 Å². The molecule has 1 nitrogen and oxygen atoms in total. The van der Waals surface area contributed by atoms with Crippen molar-refractivity contribution in [1.29, 1.82) is 0 Å². The van der Waals surface area contributed by atoms with Gasteiger partial charge in [0.05, 0.1) is 0 Å². The summed E-state index contributed by atoms with van der Waals surface area (Å²) < 4.78 is 4.39. The van der Waals surface area contributed by atoms with Crippen molar-refractivity contribution >= 4 is 23.2 Å². The van der Waals surface area contributed by atoms with Gasteiger partial charge in [-0.05, 0) is 12.8 Å². The van der Waals surface area contributed by atoms with Gasteiger partial charge in [-0.15, -0.1) is 0 Å². The first kappa shape index (κ1) is 32.5. The van der Waals surface area contributed by atoms with E-state index in [0.29, 0.717) is 0 Å². The summed E-state index contributed by atoms with van der Waals surface area (Å²) in [7, 11) is 1.64. The first-order valence-electron chi connectivity index (χ1n) is 14.5. The second-order valence-corrected chi connectivity index (χ2v) is 11.4. The highest BCUT2D eigenvalue weighted by molar-refractivity contribution is 6.47. The predicted molar refractivity (Wildman–Crippen MR) is 147 cm³/mol. The zero-order valence-corrected chi connectivity index (χ0v) is 23.7. The van der Waals surface area contributed by atoms with Crippen LogP contribution in [-0.4, -0.2) is 11.6 Å². The first-order chi connectivity index (χ1) is 15.6. The molecule has 0 saturated heterocycles. The Balaban J connectivity index is 3.58. The number of unbranched alkanes of at least 4 members (excludes halogenated alkanes) is 20. The second-order valence-electron chi connectivity index (χ2n) is 10.1. The topological polar surface area (TPSA) is 9.23 Å². The molecule has 0 aliphatic heterocycles. The lowest BCUT2D eigenvalue weighted by molar-refractivity contribution is 0.0705. The third-order valence-electron chi connectivity index (χ3n) is 7.06. The maximum Gasteiger partial charge on any atom is 0.219 e. The van der Waals surface area contributed by atoms with Crippen molar-refractivity contribution in [2.75, 3.05) is 7.11 Å². The van der Waals surface area contributed by atoms with Crippen LogP contribution < -0.4 is 0 Å². The van der Waals surface area contributed by atoms with Crippen LogP contribution in [0.15, 0.2) is 0 Å². The molecule has 0 aliphatic carbocycles. The Morgan fingerprint density at radius 1 is 0.469 bits per heavy atom. The summed E-state index contributed by atoms with van der Waals surface area (Å²) in [6.07, 6.45) is 32.5. The minimum Gasteiger partial charge on any atom is -0.350 e. The SMILES string of the molecule is CCCCCCCCCCCCCCCCCCC(CCCCCCCC)C(Cl)(Cl)OC. The summed E-state index contributed by atoms with van der Waals surface area (Å²) >= 11 is 12.9. The van der Waals surface area contributed by atoms with Gasteiger partial charge in [0, 0.05) is 13.0 Å². The molecule has 0 heterocycles. The molecule has 32 heavy (non-hydrogen) atoms. The van der Waals surface area contributed by atoms with Crippen LogP contribution in [0.2, 0.25) is 0 Å². The van der Waals surface area contributed by atoms with E-state index < -0.39 is 4.52 Å². The van der Waals surface area contributed by atoms with Gasteiger partial charge in [-0.3, -0.25) is 0 Å². The van der Waals surface area contributed by atoms with Gasteiger partial charge in [0.2, 0.25) is 4.52 Å². The molecule has 0 bridgehead atoms. The molecule has 0 rings (SSSR count). The Hall–Kier alpha value is 0.540. The summed E-state index contributed by atoms with van der Waals surface area (Å²) in [5, 5.41) is 0. The standard InChI is InChI=1S/C29H58Cl2O/c1-4-6-8-10-12-13-14-15-16-17-18-19-20-21-23-25-27-28(29(30,31)32-3)26-24-22-11-9-7-5-2/h28H,4-27H2,1-3H3. The second kappa shape index (κ2) is 24.7. The molecular formula is C29H58Cl2O. The smallest absolute Gasteiger partial charge is 0.219 e. The van der Waals surface area contributed by atoms with Gasteiger partial charge >= 0.3 is 0 Å². The average molecular weight is 494 g/mol. The Morgan fingerprint density at radius 2 is 0.719 bits per heavy atom. The Bertz CT molecular complexity index is 359. The van der Waals surface area contributed by atoms with Gasteiger partial charge in [-0.1, -0.05) is 178 Å². The monoisotopic (exact) mass is 492 g/mol. The quantitative estimate of drug-likeness (QED) is 0.0860. The molecule has 194 valence electrons. The molecule has 1 atom stereocenters. The van der Waals surface area contributed by atoms with Gasteiger partial charge in [-0.25, -0.2) is 0 Å². The number of alkyl halides is 2.